The second-order valence-electron chi connectivity index (χ2n) is 3.96. The number of ether oxygens (including phenoxy) is 2. The van der Waals surface area contributed by atoms with Gasteiger partial charge in [-0.1, -0.05) is 12.1 Å². The molecule has 0 amide bonds. The summed E-state index contributed by atoms with van der Waals surface area (Å²) in [5, 5.41) is 0. The number of aromatic nitrogens is 1. The molecule has 1 heterocycles. The van der Waals surface area contributed by atoms with Crippen molar-refractivity contribution in [3.05, 3.63) is 42.3 Å². The van der Waals surface area contributed by atoms with Crippen molar-refractivity contribution in [1.29, 1.82) is 0 Å². The van der Waals surface area contributed by atoms with E-state index in [0.717, 1.165) is 24.4 Å². The molecular formula is C13H7F6NO2. The Balaban J connectivity index is 2.20. The van der Waals surface area contributed by atoms with E-state index in [4.69, 9.17) is 0 Å². The number of pyridine rings is 1. The third-order valence-corrected chi connectivity index (χ3v) is 2.43. The molecular weight excluding hydrogens is 316 g/mol. The first-order valence-electron chi connectivity index (χ1n) is 5.71. The van der Waals surface area contributed by atoms with Crippen LogP contribution in [-0.2, 0) is 0 Å². The molecule has 3 nitrogen and oxygen atoms in total. The van der Waals surface area contributed by atoms with Gasteiger partial charge in [-0.3, -0.25) is 0 Å². The second kappa shape index (κ2) is 6.12. The van der Waals surface area contributed by atoms with E-state index in [-0.39, 0.29) is 5.56 Å². The van der Waals surface area contributed by atoms with Crippen molar-refractivity contribution in [2.24, 2.45) is 0 Å². The number of rotatable bonds is 4. The molecule has 0 aliphatic rings. The first kappa shape index (κ1) is 15.9. The minimum absolute atomic E-state index is 0.178. The Labute approximate surface area is 120 Å². The van der Waals surface area contributed by atoms with Gasteiger partial charge in [0.1, 0.15) is 5.75 Å². The highest BCUT2D eigenvalue weighted by molar-refractivity contribution is 5.63. The van der Waals surface area contributed by atoms with Crippen LogP contribution in [0.1, 0.15) is 0 Å². The SMILES string of the molecule is Fc1cc(-c2ccc(OC(F)(F)F)cc2)cnc1OC(F)F. The van der Waals surface area contributed by atoms with Gasteiger partial charge in [0.15, 0.2) is 5.82 Å². The zero-order valence-corrected chi connectivity index (χ0v) is 10.6. The van der Waals surface area contributed by atoms with Crippen LogP contribution in [0, 0.1) is 5.82 Å². The summed E-state index contributed by atoms with van der Waals surface area (Å²) in [5.74, 6) is -2.42. The molecule has 0 radical (unpaired) electrons. The average molecular weight is 323 g/mol. The maximum absolute atomic E-state index is 13.5. The maximum atomic E-state index is 13.5. The molecule has 0 atom stereocenters. The van der Waals surface area contributed by atoms with Crippen molar-refractivity contribution in [1.82, 2.24) is 4.98 Å². The van der Waals surface area contributed by atoms with Crippen molar-refractivity contribution in [2.75, 3.05) is 0 Å². The van der Waals surface area contributed by atoms with Crippen molar-refractivity contribution in [2.45, 2.75) is 13.0 Å². The molecule has 118 valence electrons. The molecule has 0 aliphatic carbocycles. The molecule has 0 spiro atoms. The Kier molecular flexibility index (Phi) is 4.43. The summed E-state index contributed by atoms with van der Waals surface area (Å²) < 4.78 is 81.0. The molecule has 0 fully saturated rings. The molecule has 0 bridgehead atoms. The van der Waals surface area contributed by atoms with Crippen LogP contribution >= 0.6 is 0 Å². The Morgan fingerprint density at radius 3 is 2.14 bits per heavy atom. The van der Waals surface area contributed by atoms with Gasteiger partial charge >= 0.3 is 13.0 Å². The van der Waals surface area contributed by atoms with Gasteiger partial charge in [-0.25, -0.2) is 9.37 Å². The molecule has 1 aromatic heterocycles. The normalized spacial score (nSPS) is 11.6. The third-order valence-electron chi connectivity index (χ3n) is 2.43. The predicted molar refractivity (Wildman–Crippen MR) is 62.9 cm³/mol. The number of alkyl halides is 5. The quantitative estimate of drug-likeness (QED) is 0.782. The van der Waals surface area contributed by atoms with Gasteiger partial charge in [-0.05, 0) is 23.8 Å². The lowest BCUT2D eigenvalue weighted by atomic mass is 10.1. The zero-order valence-electron chi connectivity index (χ0n) is 10.6. The van der Waals surface area contributed by atoms with Crippen LogP contribution in [0.25, 0.3) is 11.1 Å². The molecule has 0 N–H and O–H groups in total. The molecule has 2 aromatic rings. The fourth-order valence-electron chi connectivity index (χ4n) is 1.60. The van der Waals surface area contributed by atoms with E-state index in [2.05, 4.69) is 14.5 Å². The first-order valence-corrected chi connectivity index (χ1v) is 5.71. The highest BCUT2D eigenvalue weighted by Gasteiger charge is 2.30. The summed E-state index contributed by atoms with van der Waals surface area (Å²) in [4.78, 5) is 3.39. The van der Waals surface area contributed by atoms with E-state index in [1.54, 1.807) is 0 Å². The highest BCUT2D eigenvalue weighted by atomic mass is 19.4. The largest absolute Gasteiger partial charge is 0.573 e. The smallest absolute Gasteiger partial charge is 0.414 e. The van der Waals surface area contributed by atoms with Crippen LogP contribution < -0.4 is 9.47 Å². The van der Waals surface area contributed by atoms with Gasteiger partial charge in [0.2, 0.25) is 0 Å². The molecule has 1 aromatic carbocycles. The predicted octanol–water partition coefficient (Wildman–Crippen LogP) is 4.39. The number of benzene rings is 1. The van der Waals surface area contributed by atoms with Crippen LogP contribution in [0.4, 0.5) is 26.3 Å². The van der Waals surface area contributed by atoms with Crippen molar-refractivity contribution in [3.63, 3.8) is 0 Å². The van der Waals surface area contributed by atoms with Gasteiger partial charge in [0.25, 0.3) is 5.88 Å². The second-order valence-corrected chi connectivity index (χ2v) is 3.96. The molecule has 2 rings (SSSR count). The van der Waals surface area contributed by atoms with Crippen LogP contribution in [0.3, 0.4) is 0 Å². The Morgan fingerprint density at radius 1 is 1.00 bits per heavy atom. The molecule has 22 heavy (non-hydrogen) atoms. The Bertz CT molecular complexity index is 642. The molecule has 0 saturated carbocycles. The number of hydrogen-bond acceptors (Lipinski definition) is 3. The summed E-state index contributed by atoms with van der Waals surface area (Å²) in [6.45, 7) is -3.22. The maximum Gasteiger partial charge on any atom is 0.573 e. The van der Waals surface area contributed by atoms with E-state index in [0.29, 0.717) is 5.56 Å². The van der Waals surface area contributed by atoms with Gasteiger partial charge in [0, 0.05) is 11.8 Å². The van der Waals surface area contributed by atoms with Crippen molar-refractivity contribution in [3.8, 4) is 22.8 Å². The van der Waals surface area contributed by atoms with Gasteiger partial charge < -0.3 is 9.47 Å². The standard InChI is InChI=1S/C13H7F6NO2/c14-10-5-8(6-20-11(10)21-12(15)16)7-1-3-9(4-2-7)22-13(17,18)19/h1-6,12H. The molecule has 0 unspecified atom stereocenters. The van der Waals surface area contributed by atoms with Gasteiger partial charge in [-0.15, -0.1) is 13.2 Å². The Hall–Kier alpha value is -2.45. The number of halogens is 6. The van der Waals surface area contributed by atoms with Crippen molar-refractivity contribution < 1.29 is 35.8 Å². The zero-order chi connectivity index (χ0) is 16.3. The van der Waals surface area contributed by atoms with Crippen LogP contribution in [0.2, 0.25) is 0 Å². The number of nitrogens with zero attached hydrogens (tertiary/aromatic N) is 1. The minimum atomic E-state index is -4.82. The van der Waals surface area contributed by atoms with E-state index in [1.807, 2.05) is 0 Å². The van der Waals surface area contributed by atoms with E-state index < -0.39 is 30.4 Å². The lowest BCUT2D eigenvalue weighted by Crippen LogP contribution is -2.16. The molecule has 9 heteroatoms. The fraction of sp³-hybridized carbons (Fsp3) is 0.154. The summed E-state index contributed by atoms with van der Waals surface area (Å²) in [5.41, 5.74) is 0.502. The van der Waals surface area contributed by atoms with Crippen molar-refractivity contribution >= 4 is 0 Å². The summed E-state index contributed by atoms with van der Waals surface area (Å²) in [6.07, 6.45) is -3.76. The topological polar surface area (TPSA) is 31.4 Å². The summed E-state index contributed by atoms with van der Waals surface area (Å²) in [6, 6.07) is 5.43. The van der Waals surface area contributed by atoms with E-state index in [9.17, 15) is 26.3 Å². The van der Waals surface area contributed by atoms with Crippen LogP contribution in [0.15, 0.2) is 36.5 Å². The highest BCUT2D eigenvalue weighted by Crippen LogP contribution is 2.28. The fourth-order valence-corrected chi connectivity index (χ4v) is 1.60. The lowest BCUT2D eigenvalue weighted by molar-refractivity contribution is -0.274. The monoisotopic (exact) mass is 323 g/mol. The number of hydrogen-bond donors (Lipinski definition) is 0. The third kappa shape index (κ3) is 4.27. The van der Waals surface area contributed by atoms with Crippen LogP contribution in [0.5, 0.6) is 11.6 Å². The van der Waals surface area contributed by atoms with Gasteiger partial charge in [-0.2, -0.15) is 8.78 Å². The van der Waals surface area contributed by atoms with E-state index in [1.165, 1.54) is 12.1 Å². The van der Waals surface area contributed by atoms with Crippen LogP contribution in [-0.4, -0.2) is 18.0 Å². The Morgan fingerprint density at radius 2 is 1.64 bits per heavy atom. The lowest BCUT2D eigenvalue weighted by Gasteiger charge is -2.10. The van der Waals surface area contributed by atoms with Gasteiger partial charge in [0.05, 0.1) is 0 Å². The summed E-state index contributed by atoms with van der Waals surface area (Å²) in [7, 11) is 0. The minimum Gasteiger partial charge on any atom is -0.414 e. The molecule has 0 aliphatic heterocycles. The molecule has 0 saturated heterocycles. The first-order chi connectivity index (χ1) is 10.2. The van der Waals surface area contributed by atoms with E-state index >= 15 is 0 Å². The average Bonchev–Trinajstić information content (AvgIpc) is 2.40. The summed E-state index contributed by atoms with van der Waals surface area (Å²) >= 11 is 0.